The minimum Gasteiger partial charge on any atom is -0.497 e. The zero-order chi connectivity index (χ0) is 17.4. The Morgan fingerprint density at radius 1 is 1.08 bits per heavy atom. The smallest absolute Gasteiger partial charge is 0.154 e. The summed E-state index contributed by atoms with van der Waals surface area (Å²) in [5.74, 6) is 0.525. The fourth-order valence-corrected chi connectivity index (χ4v) is 2.92. The Balaban J connectivity index is 2.41. The van der Waals surface area contributed by atoms with E-state index in [1.54, 1.807) is 13.2 Å². The number of nitrogens with zero attached hydrogens (tertiary/aromatic N) is 2. The van der Waals surface area contributed by atoms with Gasteiger partial charge in [0.05, 0.1) is 19.2 Å². The molecule has 0 saturated heterocycles. The number of methoxy groups -OCH3 is 1. The molecule has 120 valence electrons. The van der Waals surface area contributed by atoms with E-state index in [2.05, 4.69) is 18.7 Å². The highest BCUT2D eigenvalue weighted by Crippen LogP contribution is 2.41. The Bertz CT molecular complexity index is 737. The van der Waals surface area contributed by atoms with Crippen molar-refractivity contribution in [3.63, 3.8) is 0 Å². The van der Waals surface area contributed by atoms with Gasteiger partial charge in [-0.2, -0.15) is 10.5 Å². The van der Waals surface area contributed by atoms with Crippen LogP contribution in [0.1, 0.15) is 23.5 Å². The maximum atomic E-state index is 9.87. The van der Waals surface area contributed by atoms with E-state index in [-0.39, 0.29) is 5.92 Å². The molecule has 0 bridgehead atoms. The van der Waals surface area contributed by atoms with Gasteiger partial charge in [0.25, 0.3) is 0 Å². The molecule has 0 amide bonds. The zero-order valence-corrected chi connectivity index (χ0v) is 13.8. The van der Waals surface area contributed by atoms with Crippen molar-refractivity contribution in [2.75, 3.05) is 7.11 Å². The van der Waals surface area contributed by atoms with Gasteiger partial charge >= 0.3 is 0 Å². The molecule has 1 atom stereocenters. The number of allylic oxidation sites excluding steroid dienone is 1. The molecule has 0 N–H and O–H groups in total. The Morgan fingerprint density at radius 2 is 1.71 bits per heavy atom. The van der Waals surface area contributed by atoms with Crippen molar-refractivity contribution in [3.05, 3.63) is 78.4 Å². The number of rotatable bonds is 7. The number of hydrogen-bond acceptors (Lipinski definition) is 3. The molecule has 0 aliphatic carbocycles. The van der Waals surface area contributed by atoms with E-state index in [1.807, 2.05) is 54.6 Å². The first-order valence-corrected chi connectivity index (χ1v) is 7.80. The highest BCUT2D eigenvalue weighted by molar-refractivity contribution is 5.36. The van der Waals surface area contributed by atoms with E-state index in [9.17, 15) is 10.5 Å². The zero-order valence-electron chi connectivity index (χ0n) is 13.8. The van der Waals surface area contributed by atoms with Crippen molar-refractivity contribution in [2.45, 2.75) is 18.8 Å². The van der Waals surface area contributed by atoms with Gasteiger partial charge < -0.3 is 4.74 Å². The van der Waals surface area contributed by atoms with Gasteiger partial charge in [0.1, 0.15) is 5.75 Å². The van der Waals surface area contributed by atoms with Crippen LogP contribution in [0, 0.1) is 28.1 Å². The van der Waals surface area contributed by atoms with Crippen molar-refractivity contribution in [1.29, 1.82) is 10.5 Å². The molecule has 0 aliphatic rings. The van der Waals surface area contributed by atoms with Crippen LogP contribution in [-0.4, -0.2) is 7.11 Å². The van der Waals surface area contributed by atoms with Gasteiger partial charge in [-0.3, -0.25) is 0 Å². The summed E-state index contributed by atoms with van der Waals surface area (Å²) in [5, 5.41) is 19.7. The highest BCUT2D eigenvalue weighted by atomic mass is 16.5. The first kappa shape index (κ1) is 17.3. The monoisotopic (exact) mass is 316 g/mol. The molecular formula is C21H20N2O. The van der Waals surface area contributed by atoms with Gasteiger partial charge in [0.2, 0.25) is 0 Å². The summed E-state index contributed by atoms with van der Waals surface area (Å²) in [6.45, 7) is 3.80. The minimum absolute atomic E-state index is 0.228. The topological polar surface area (TPSA) is 56.8 Å². The molecule has 2 aromatic rings. The predicted octanol–water partition coefficient (Wildman–Crippen LogP) is 4.63. The van der Waals surface area contributed by atoms with Crippen molar-refractivity contribution in [1.82, 2.24) is 0 Å². The second-order valence-electron chi connectivity index (χ2n) is 5.71. The lowest BCUT2D eigenvalue weighted by atomic mass is 9.69. The molecule has 3 heteroatoms. The second-order valence-corrected chi connectivity index (χ2v) is 5.71. The third kappa shape index (κ3) is 3.65. The van der Waals surface area contributed by atoms with Gasteiger partial charge in [0.15, 0.2) is 5.41 Å². The average Bonchev–Trinajstić information content (AvgIpc) is 2.66. The third-order valence-corrected chi connectivity index (χ3v) is 4.24. The lowest BCUT2D eigenvalue weighted by Crippen LogP contribution is -2.28. The van der Waals surface area contributed by atoms with Crippen molar-refractivity contribution < 1.29 is 4.74 Å². The Morgan fingerprint density at radius 3 is 2.21 bits per heavy atom. The molecule has 0 spiro atoms. The SMILES string of the molecule is C=CCC(c1ccccc1)C(C#N)(C#N)Cc1ccc(OC)cc1. The van der Waals surface area contributed by atoms with Crippen molar-refractivity contribution >= 4 is 0 Å². The summed E-state index contributed by atoms with van der Waals surface area (Å²) >= 11 is 0. The lowest BCUT2D eigenvalue weighted by Gasteiger charge is -2.29. The molecule has 0 aliphatic heterocycles. The molecule has 3 nitrogen and oxygen atoms in total. The van der Waals surface area contributed by atoms with Crippen LogP contribution in [-0.2, 0) is 6.42 Å². The fraction of sp³-hybridized carbons (Fsp3) is 0.238. The van der Waals surface area contributed by atoms with Crippen LogP contribution >= 0.6 is 0 Å². The Labute approximate surface area is 143 Å². The van der Waals surface area contributed by atoms with E-state index in [0.29, 0.717) is 12.8 Å². The summed E-state index contributed by atoms with van der Waals surface area (Å²) in [4.78, 5) is 0. The first-order valence-electron chi connectivity index (χ1n) is 7.80. The molecule has 1 unspecified atom stereocenters. The van der Waals surface area contributed by atoms with Gasteiger partial charge in [0, 0.05) is 12.3 Å². The molecular weight excluding hydrogens is 296 g/mol. The highest BCUT2D eigenvalue weighted by Gasteiger charge is 2.40. The molecule has 2 rings (SSSR count). The van der Waals surface area contributed by atoms with E-state index in [0.717, 1.165) is 16.9 Å². The fourth-order valence-electron chi connectivity index (χ4n) is 2.92. The molecule has 0 heterocycles. The third-order valence-electron chi connectivity index (χ3n) is 4.24. The van der Waals surface area contributed by atoms with Gasteiger partial charge in [-0.25, -0.2) is 0 Å². The number of hydrogen-bond donors (Lipinski definition) is 0. The van der Waals surface area contributed by atoms with E-state index >= 15 is 0 Å². The van der Waals surface area contributed by atoms with Crippen LogP contribution in [0.5, 0.6) is 5.75 Å². The van der Waals surface area contributed by atoms with Crippen LogP contribution in [0.15, 0.2) is 67.3 Å². The quantitative estimate of drug-likeness (QED) is 0.700. The van der Waals surface area contributed by atoms with E-state index < -0.39 is 5.41 Å². The van der Waals surface area contributed by atoms with Crippen LogP contribution < -0.4 is 4.74 Å². The summed E-state index contributed by atoms with van der Waals surface area (Å²) in [7, 11) is 1.61. The molecule has 0 saturated carbocycles. The standard InChI is InChI=1S/C21H20N2O/c1-3-7-20(18-8-5-4-6-9-18)21(15-22,16-23)14-17-10-12-19(24-2)13-11-17/h3-6,8-13,20H,1,7,14H2,2H3. The number of benzene rings is 2. The summed E-state index contributed by atoms with van der Waals surface area (Å²) in [6.07, 6.45) is 2.70. The van der Waals surface area contributed by atoms with Crippen molar-refractivity contribution in [2.24, 2.45) is 5.41 Å². The largest absolute Gasteiger partial charge is 0.497 e. The summed E-state index contributed by atoms with van der Waals surface area (Å²) in [6, 6.07) is 21.8. The normalized spacial score (nSPS) is 11.8. The Hall–Kier alpha value is -3.04. The molecule has 0 fully saturated rings. The minimum atomic E-state index is -1.15. The van der Waals surface area contributed by atoms with Crippen LogP contribution in [0.4, 0.5) is 0 Å². The first-order chi connectivity index (χ1) is 11.7. The van der Waals surface area contributed by atoms with Gasteiger partial charge in [-0.15, -0.1) is 6.58 Å². The molecule has 0 radical (unpaired) electrons. The van der Waals surface area contributed by atoms with E-state index in [4.69, 9.17) is 4.74 Å². The van der Waals surface area contributed by atoms with Gasteiger partial charge in [-0.05, 0) is 29.7 Å². The molecule has 24 heavy (non-hydrogen) atoms. The van der Waals surface area contributed by atoms with Crippen LogP contribution in [0.2, 0.25) is 0 Å². The van der Waals surface area contributed by atoms with Crippen LogP contribution in [0.25, 0.3) is 0 Å². The summed E-state index contributed by atoms with van der Waals surface area (Å²) in [5.41, 5.74) is 0.766. The lowest BCUT2D eigenvalue weighted by molar-refractivity contribution is 0.405. The van der Waals surface area contributed by atoms with Gasteiger partial charge in [-0.1, -0.05) is 48.5 Å². The number of ether oxygens (including phenoxy) is 1. The summed E-state index contributed by atoms with van der Waals surface area (Å²) < 4.78 is 5.16. The number of nitriles is 2. The second kappa shape index (κ2) is 7.99. The Kier molecular flexibility index (Phi) is 5.77. The van der Waals surface area contributed by atoms with Crippen LogP contribution in [0.3, 0.4) is 0 Å². The van der Waals surface area contributed by atoms with Crippen molar-refractivity contribution in [3.8, 4) is 17.9 Å². The molecule has 2 aromatic carbocycles. The maximum absolute atomic E-state index is 9.87. The van der Waals surface area contributed by atoms with E-state index in [1.165, 1.54) is 0 Å². The maximum Gasteiger partial charge on any atom is 0.154 e. The predicted molar refractivity (Wildman–Crippen MR) is 94.4 cm³/mol. The average molecular weight is 316 g/mol. The molecule has 0 aromatic heterocycles.